The first-order valence-electron chi connectivity index (χ1n) is 8.37. The van der Waals surface area contributed by atoms with Gasteiger partial charge in [0.05, 0.1) is 0 Å². The van der Waals surface area contributed by atoms with Gasteiger partial charge < -0.3 is 0 Å². The van der Waals surface area contributed by atoms with Crippen molar-refractivity contribution < 1.29 is 18.0 Å². The minimum Gasteiger partial charge on any atom is -0.299 e. The van der Waals surface area contributed by atoms with Crippen LogP contribution in [-0.2, 0) is 19.6 Å². The molecule has 1 aliphatic heterocycles. The van der Waals surface area contributed by atoms with Crippen molar-refractivity contribution in [2.75, 3.05) is 13.1 Å². The molecule has 1 saturated heterocycles. The molecule has 0 spiro atoms. The van der Waals surface area contributed by atoms with Crippen molar-refractivity contribution in [1.82, 2.24) is 9.73 Å². The zero-order valence-electron chi connectivity index (χ0n) is 13.8. The Labute approximate surface area is 151 Å². The summed E-state index contributed by atoms with van der Waals surface area (Å²) in [6.45, 7) is 0.654. The highest BCUT2D eigenvalue weighted by molar-refractivity contribution is 7.91. The Kier molecular flexibility index (Phi) is 5.65. The Morgan fingerprint density at radius 1 is 1.28 bits per heavy atom. The van der Waals surface area contributed by atoms with Crippen LogP contribution in [0, 0.1) is 5.92 Å². The standard InChI is InChI=1S/C16H21N3O4S2/c20-14-4-1-3-13(11-14)17-18-16(21)12-6-8-19(9-7-12)25(22,23)15-5-2-10-24-15/h2,5,10,12H,1,3-4,6-9,11H2,(H,18,21)/b17-13+. The van der Waals surface area contributed by atoms with E-state index in [4.69, 9.17) is 0 Å². The number of rotatable bonds is 4. The van der Waals surface area contributed by atoms with E-state index in [-0.39, 0.29) is 17.6 Å². The lowest BCUT2D eigenvalue weighted by molar-refractivity contribution is -0.126. The van der Waals surface area contributed by atoms with Crippen molar-refractivity contribution in [1.29, 1.82) is 0 Å². The summed E-state index contributed by atoms with van der Waals surface area (Å²) in [4.78, 5) is 23.6. The van der Waals surface area contributed by atoms with Gasteiger partial charge in [0.15, 0.2) is 0 Å². The fourth-order valence-electron chi connectivity index (χ4n) is 3.11. The zero-order chi connectivity index (χ0) is 17.9. The summed E-state index contributed by atoms with van der Waals surface area (Å²) in [6, 6.07) is 3.31. The third-order valence-corrected chi connectivity index (χ3v) is 7.83. The minimum absolute atomic E-state index is 0.159. The number of sulfonamides is 1. The Balaban J connectivity index is 1.53. The predicted octanol–water partition coefficient (Wildman–Crippen LogP) is 1.76. The fourth-order valence-corrected chi connectivity index (χ4v) is 5.72. The van der Waals surface area contributed by atoms with Gasteiger partial charge >= 0.3 is 0 Å². The molecule has 0 aromatic carbocycles. The van der Waals surface area contributed by atoms with Crippen LogP contribution in [0.25, 0.3) is 0 Å². The van der Waals surface area contributed by atoms with Crippen LogP contribution < -0.4 is 5.43 Å². The molecule has 2 aliphatic rings. The number of amides is 1. The number of nitrogens with zero attached hydrogens (tertiary/aromatic N) is 2. The minimum atomic E-state index is -3.45. The molecule has 25 heavy (non-hydrogen) atoms. The van der Waals surface area contributed by atoms with Crippen LogP contribution in [0.5, 0.6) is 0 Å². The van der Waals surface area contributed by atoms with Gasteiger partial charge in [0, 0.05) is 37.6 Å². The topological polar surface area (TPSA) is 95.9 Å². The molecular weight excluding hydrogens is 362 g/mol. The van der Waals surface area contributed by atoms with Gasteiger partial charge in [0.2, 0.25) is 5.91 Å². The van der Waals surface area contributed by atoms with E-state index < -0.39 is 10.0 Å². The largest absolute Gasteiger partial charge is 0.299 e. The molecule has 0 atom stereocenters. The Hall–Kier alpha value is -1.58. The van der Waals surface area contributed by atoms with Gasteiger partial charge in [-0.3, -0.25) is 9.59 Å². The summed E-state index contributed by atoms with van der Waals surface area (Å²) < 4.78 is 26.7. The van der Waals surface area contributed by atoms with Crippen LogP contribution in [0.15, 0.2) is 26.8 Å². The van der Waals surface area contributed by atoms with Gasteiger partial charge in [-0.15, -0.1) is 11.3 Å². The summed E-state index contributed by atoms with van der Waals surface area (Å²) in [6.07, 6.45) is 3.37. The SMILES string of the molecule is O=C1CCC/C(=N\NC(=O)C2CCN(S(=O)(=O)c3cccs3)CC2)C1. The predicted molar refractivity (Wildman–Crippen MR) is 94.9 cm³/mol. The summed E-state index contributed by atoms with van der Waals surface area (Å²) in [5.41, 5.74) is 3.28. The molecule has 0 bridgehead atoms. The molecule has 0 radical (unpaired) electrons. The lowest BCUT2D eigenvalue weighted by atomic mass is 9.97. The Morgan fingerprint density at radius 2 is 2.04 bits per heavy atom. The van der Waals surface area contributed by atoms with E-state index in [1.54, 1.807) is 17.5 Å². The van der Waals surface area contributed by atoms with Crippen molar-refractivity contribution >= 4 is 38.8 Å². The molecule has 0 unspecified atom stereocenters. The lowest BCUT2D eigenvalue weighted by Gasteiger charge is -2.29. The van der Waals surface area contributed by atoms with Crippen molar-refractivity contribution in [2.24, 2.45) is 11.0 Å². The lowest BCUT2D eigenvalue weighted by Crippen LogP contribution is -2.42. The maximum atomic E-state index is 12.5. The number of carbonyl (C=O) groups excluding carboxylic acids is 2. The highest BCUT2D eigenvalue weighted by Crippen LogP contribution is 2.26. The van der Waals surface area contributed by atoms with Crippen molar-refractivity contribution in [3.05, 3.63) is 17.5 Å². The van der Waals surface area contributed by atoms with Gasteiger partial charge in [-0.2, -0.15) is 9.41 Å². The van der Waals surface area contributed by atoms with E-state index in [0.717, 1.165) is 18.6 Å². The van der Waals surface area contributed by atoms with E-state index in [1.807, 2.05) is 0 Å². The number of hydrogen-bond donors (Lipinski definition) is 1. The first kappa shape index (κ1) is 18.2. The van der Waals surface area contributed by atoms with Crippen molar-refractivity contribution in [3.8, 4) is 0 Å². The van der Waals surface area contributed by atoms with Crippen LogP contribution in [-0.4, -0.2) is 43.2 Å². The normalized spacial score (nSPS) is 22.2. The number of carbonyl (C=O) groups is 2. The molecule has 1 amide bonds. The summed E-state index contributed by atoms with van der Waals surface area (Å²) >= 11 is 1.20. The molecule has 2 fully saturated rings. The number of hydrogen-bond acceptors (Lipinski definition) is 6. The third kappa shape index (κ3) is 4.34. The number of hydrazone groups is 1. The molecule has 1 aromatic heterocycles. The summed E-state index contributed by atoms with van der Waals surface area (Å²) in [5, 5.41) is 5.82. The van der Waals surface area contributed by atoms with Gasteiger partial charge in [0.1, 0.15) is 9.99 Å². The maximum absolute atomic E-state index is 12.5. The average molecular weight is 383 g/mol. The van der Waals surface area contributed by atoms with E-state index >= 15 is 0 Å². The number of Topliss-reactive ketones (excluding diaryl/α,β-unsaturated/α-hetero) is 1. The monoisotopic (exact) mass is 383 g/mol. The smallest absolute Gasteiger partial charge is 0.252 e. The molecule has 1 saturated carbocycles. The first-order chi connectivity index (χ1) is 12.0. The second-order valence-electron chi connectivity index (χ2n) is 6.33. The molecule has 1 aromatic rings. The number of ketones is 1. The van der Waals surface area contributed by atoms with Crippen LogP contribution in [0.1, 0.15) is 38.5 Å². The molecule has 2 heterocycles. The summed E-state index contributed by atoms with van der Waals surface area (Å²) in [5.74, 6) is -0.288. The van der Waals surface area contributed by atoms with E-state index in [2.05, 4.69) is 10.5 Å². The van der Waals surface area contributed by atoms with Crippen molar-refractivity contribution in [3.63, 3.8) is 0 Å². The van der Waals surface area contributed by atoms with Crippen LogP contribution in [0.2, 0.25) is 0 Å². The van der Waals surface area contributed by atoms with Crippen LogP contribution in [0.4, 0.5) is 0 Å². The van der Waals surface area contributed by atoms with E-state index in [0.29, 0.717) is 43.0 Å². The average Bonchev–Trinajstić information content (AvgIpc) is 3.15. The zero-order valence-corrected chi connectivity index (χ0v) is 15.4. The summed E-state index contributed by atoms with van der Waals surface area (Å²) in [7, 11) is -3.45. The van der Waals surface area contributed by atoms with Gasteiger partial charge in [0.25, 0.3) is 10.0 Å². The molecule has 7 nitrogen and oxygen atoms in total. The van der Waals surface area contributed by atoms with Gasteiger partial charge in [-0.1, -0.05) is 6.07 Å². The number of piperidine rings is 1. The molecular formula is C16H21N3O4S2. The van der Waals surface area contributed by atoms with Crippen molar-refractivity contribution in [2.45, 2.75) is 42.7 Å². The van der Waals surface area contributed by atoms with Crippen LogP contribution in [0.3, 0.4) is 0 Å². The van der Waals surface area contributed by atoms with Gasteiger partial charge in [-0.25, -0.2) is 13.8 Å². The highest BCUT2D eigenvalue weighted by atomic mass is 32.2. The number of nitrogens with one attached hydrogen (secondary N) is 1. The van der Waals surface area contributed by atoms with Gasteiger partial charge in [-0.05, 0) is 37.1 Å². The first-order valence-corrected chi connectivity index (χ1v) is 10.7. The molecule has 1 N–H and O–H groups in total. The number of thiophene rings is 1. The molecule has 3 rings (SSSR count). The maximum Gasteiger partial charge on any atom is 0.252 e. The highest BCUT2D eigenvalue weighted by Gasteiger charge is 2.32. The van der Waals surface area contributed by atoms with E-state index in [1.165, 1.54) is 15.6 Å². The fraction of sp³-hybridized carbons (Fsp3) is 0.562. The van der Waals surface area contributed by atoms with E-state index in [9.17, 15) is 18.0 Å². The second-order valence-corrected chi connectivity index (χ2v) is 9.45. The van der Waals surface area contributed by atoms with Crippen LogP contribution >= 0.6 is 11.3 Å². The second kappa shape index (κ2) is 7.76. The quantitative estimate of drug-likeness (QED) is 0.802. The third-order valence-electron chi connectivity index (χ3n) is 4.56. The molecule has 9 heteroatoms. The Bertz CT molecular complexity index is 763. The Morgan fingerprint density at radius 3 is 2.68 bits per heavy atom. The molecule has 136 valence electrons. The molecule has 1 aliphatic carbocycles.